The Morgan fingerprint density at radius 2 is 1.81 bits per heavy atom. The van der Waals surface area contributed by atoms with Gasteiger partial charge in [-0.2, -0.15) is 0 Å². The van der Waals surface area contributed by atoms with Gasteiger partial charge in [-0.1, -0.05) is 0 Å². The summed E-state index contributed by atoms with van der Waals surface area (Å²) in [5.41, 5.74) is -1.38. The monoisotopic (exact) mass is 299 g/mol. The Hall–Kier alpha value is -0.650. The summed E-state index contributed by atoms with van der Waals surface area (Å²) < 4.78 is 11.5. The van der Waals surface area contributed by atoms with Gasteiger partial charge in [-0.25, -0.2) is 0 Å². The molecule has 0 radical (unpaired) electrons. The van der Waals surface area contributed by atoms with Crippen LogP contribution in [-0.2, 0) is 14.3 Å². The zero-order chi connectivity index (χ0) is 15.7. The Morgan fingerprint density at radius 1 is 1.19 bits per heavy atom. The standard InChI is InChI=1S/C16H29NO4/c1-14(2,13(18)19)15(3,4)17-12-5-8-21-16(11-12)6-9-20-10-7-16/h12,17H,5-11H2,1-4H3,(H,18,19). The highest BCUT2D eigenvalue weighted by Crippen LogP contribution is 2.37. The zero-order valence-electron chi connectivity index (χ0n) is 13.7. The van der Waals surface area contributed by atoms with Crippen molar-refractivity contribution in [2.45, 2.75) is 70.6 Å². The maximum Gasteiger partial charge on any atom is 0.310 e. The van der Waals surface area contributed by atoms with E-state index in [4.69, 9.17) is 9.47 Å². The van der Waals surface area contributed by atoms with Crippen LogP contribution in [-0.4, -0.2) is 48.1 Å². The van der Waals surface area contributed by atoms with E-state index in [1.165, 1.54) is 0 Å². The number of ether oxygens (including phenoxy) is 2. The Balaban J connectivity index is 2.03. The molecule has 0 saturated carbocycles. The highest BCUT2D eigenvalue weighted by molar-refractivity contribution is 5.75. The molecule has 0 aromatic heterocycles. The minimum absolute atomic E-state index is 0.0718. The molecule has 2 aliphatic rings. The lowest BCUT2D eigenvalue weighted by Crippen LogP contribution is -2.61. The lowest BCUT2D eigenvalue weighted by molar-refractivity contribution is -0.154. The number of hydrogen-bond acceptors (Lipinski definition) is 4. The second kappa shape index (κ2) is 5.86. The molecule has 0 bridgehead atoms. The minimum Gasteiger partial charge on any atom is -0.481 e. The maximum absolute atomic E-state index is 11.5. The molecular formula is C16H29NO4. The SMILES string of the molecule is CC(C)(NC1CCOC2(CCOCC2)C1)C(C)(C)C(=O)O. The molecule has 2 N–H and O–H groups in total. The molecule has 0 amide bonds. The van der Waals surface area contributed by atoms with Crippen LogP contribution in [0.1, 0.15) is 53.4 Å². The minimum atomic E-state index is -0.825. The molecule has 122 valence electrons. The molecule has 5 nitrogen and oxygen atoms in total. The van der Waals surface area contributed by atoms with Crippen LogP contribution in [0.4, 0.5) is 0 Å². The average Bonchev–Trinajstić information content (AvgIpc) is 2.38. The molecule has 0 aromatic rings. The molecule has 1 spiro atoms. The summed E-state index contributed by atoms with van der Waals surface area (Å²) in [5.74, 6) is -0.771. The van der Waals surface area contributed by atoms with E-state index in [9.17, 15) is 9.90 Å². The van der Waals surface area contributed by atoms with Crippen LogP contribution in [0, 0.1) is 5.41 Å². The number of carboxylic acids is 1. The fourth-order valence-electron chi connectivity index (χ4n) is 3.20. The third kappa shape index (κ3) is 3.41. The van der Waals surface area contributed by atoms with Gasteiger partial charge in [0.05, 0.1) is 11.0 Å². The summed E-state index contributed by atoms with van der Waals surface area (Å²) in [4.78, 5) is 11.5. The second-order valence-corrected chi connectivity index (χ2v) is 7.53. The zero-order valence-corrected chi connectivity index (χ0v) is 13.7. The normalized spacial score (nSPS) is 26.8. The molecule has 2 aliphatic heterocycles. The molecule has 5 heteroatoms. The molecule has 0 aliphatic carbocycles. The van der Waals surface area contributed by atoms with Gasteiger partial charge in [0.15, 0.2) is 0 Å². The predicted molar refractivity (Wildman–Crippen MR) is 80.4 cm³/mol. The van der Waals surface area contributed by atoms with E-state index >= 15 is 0 Å². The van der Waals surface area contributed by atoms with Crippen molar-refractivity contribution in [2.24, 2.45) is 5.41 Å². The summed E-state index contributed by atoms with van der Waals surface area (Å²) in [5, 5.41) is 13.1. The lowest BCUT2D eigenvalue weighted by atomic mass is 9.73. The third-order valence-corrected chi connectivity index (χ3v) is 5.56. The number of hydrogen-bond donors (Lipinski definition) is 2. The first-order valence-electron chi connectivity index (χ1n) is 7.91. The smallest absolute Gasteiger partial charge is 0.310 e. The quantitative estimate of drug-likeness (QED) is 0.833. The summed E-state index contributed by atoms with van der Waals surface area (Å²) in [6, 6.07) is 0.297. The highest BCUT2D eigenvalue weighted by Gasteiger charge is 2.46. The molecule has 2 saturated heterocycles. The van der Waals surface area contributed by atoms with Gasteiger partial charge in [-0.3, -0.25) is 4.79 Å². The molecule has 2 fully saturated rings. The predicted octanol–water partition coefficient (Wildman–Crippen LogP) is 2.19. The van der Waals surface area contributed by atoms with Gasteiger partial charge in [-0.05, 0) is 53.4 Å². The van der Waals surface area contributed by atoms with Gasteiger partial charge in [0.25, 0.3) is 0 Å². The molecule has 1 atom stereocenters. The molecule has 0 aromatic carbocycles. The van der Waals surface area contributed by atoms with Crippen molar-refractivity contribution in [2.75, 3.05) is 19.8 Å². The van der Waals surface area contributed by atoms with E-state index in [0.717, 1.165) is 45.5 Å². The summed E-state index contributed by atoms with van der Waals surface area (Å²) in [6.45, 7) is 9.78. The van der Waals surface area contributed by atoms with Crippen LogP contribution < -0.4 is 5.32 Å². The van der Waals surface area contributed by atoms with Crippen LogP contribution >= 0.6 is 0 Å². The van der Waals surface area contributed by atoms with Crippen molar-refractivity contribution in [1.82, 2.24) is 5.32 Å². The number of carbonyl (C=O) groups is 1. The fraction of sp³-hybridized carbons (Fsp3) is 0.938. The first-order valence-corrected chi connectivity index (χ1v) is 7.91. The Bertz CT molecular complexity index is 380. The number of carboxylic acid groups (broad SMARTS) is 1. The average molecular weight is 299 g/mol. The summed E-state index contributed by atoms with van der Waals surface area (Å²) >= 11 is 0. The van der Waals surface area contributed by atoms with Crippen LogP contribution in [0.25, 0.3) is 0 Å². The van der Waals surface area contributed by atoms with Gasteiger partial charge in [0.1, 0.15) is 0 Å². The molecule has 1 unspecified atom stereocenters. The summed E-state index contributed by atoms with van der Waals surface area (Å²) in [7, 11) is 0. The first-order chi connectivity index (χ1) is 9.69. The Labute approximate surface area is 127 Å². The highest BCUT2D eigenvalue weighted by atomic mass is 16.5. The molecule has 2 heterocycles. The van der Waals surface area contributed by atoms with Crippen LogP contribution in [0.2, 0.25) is 0 Å². The van der Waals surface area contributed by atoms with E-state index in [-0.39, 0.29) is 5.60 Å². The Morgan fingerprint density at radius 3 is 2.38 bits per heavy atom. The van der Waals surface area contributed by atoms with Crippen molar-refractivity contribution < 1.29 is 19.4 Å². The van der Waals surface area contributed by atoms with Crippen LogP contribution in [0.15, 0.2) is 0 Å². The van der Waals surface area contributed by atoms with Crippen molar-refractivity contribution in [3.05, 3.63) is 0 Å². The molecule has 21 heavy (non-hydrogen) atoms. The van der Waals surface area contributed by atoms with Crippen molar-refractivity contribution >= 4 is 5.97 Å². The number of aliphatic carboxylic acids is 1. The Kier molecular flexibility index (Phi) is 4.66. The van der Waals surface area contributed by atoms with Crippen molar-refractivity contribution in [3.63, 3.8) is 0 Å². The fourth-order valence-corrected chi connectivity index (χ4v) is 3.20. The second-order valence-electron chi connectivity index (χ2n) is 7.53. The van der Waals surface area contributed by atoms with E-state index < -0.39 is 16.9 Å². The van der Waals surface area contributed by atoms with Crippen LogP contribution in [0.5, 0.6) is 0 Å². The topological polar surface area (TPSA) is 67.8 Å². The van der Waals surface area contributed by atoms with Crippen molar-refractivity contribution in [3.8, 4) is 0 Å². The number of nitrogens with one attached hydrogen (secondary N) is 1. The van der Waals surface area contributed by atoms with Gasteiger partial charge >= 0.3 is 5.97 Å². The lowest BCUT2D eigenvalue weighted by Gasteiger charge is -2.48. The van der Waals surface area contributed by atoms with Crippen molar-refractivity contribution in [1.29, 1.82) is 0 Å². The van der Waals surface area contributed by atoms with E-state index in [1.54, 1.807) is 13.8 Å². The molecular weight excluding hydrogens is 270 g/mol. The van der Waals surface area contributed by atoms with E-state index in [0.29, 0.717) is 6.04 Å². The summed E-state index contributed by atoms with van der Waals surface area (Å²) in [6.07, 6.45) is 3.75. The van der Waals surface area contributed by atoms with E-state index in [2.05, 4.69) is 5.32 Å². The van der Waals surface area contributed by atoms with Crippen LogP contribution in [0.3, 0.4) is 0 Å². The number of rotatable bonds is 4. The maximum atomic E-state index is 11.5. The van der Waals surface area contributed by atoms with Gasteiger partial charge < -0.3 is 19.9 Å². The first kappa shape index (κ1) is 16.7. The molecule has 2 rings (SSSR count). The largest absolute Gasteiger partial charge is 0.481 e. The van der Waals surface area contributed by atoms with Gasteiger partial charge in [0, 0.05) is 31.4 Å². The third-order valence-electron chi connectivity index (χ3n) is 5.56. The van der Waals surface area contributed by atoms with Gasteiger partial charge in [0.2, 0.25) is 0 Å². The van der Waals surface area contributed by atoms with E-state index in [1.807, 2.05) is 13.8 Å². The van der Waals surface area contributed by atoms with Gasteiger partial charge in [-0.15, -0.1) is 0 Å².